The van der Waals surface area contributed by atoms with Crippen molar-refractivity contribution in [1.29, 1.82) is 0 Å². The molecule has 0 aliphatic rings. The summed E-state index contributed by atoms with van der Waals surface area (Å²) in [7, 11) is 0. The van der Waals surface area contributed by atoms with Crippen LogP contribution in [0.1, 0.15) is 34.2 Å². The predicted molar refractivity (Wildman–Crippen MR) is 117 cm³/mol. The first-order chi connectivity index (χ1) is 14.1. The van der Waals surface area contributed by atoms with Crippen molar-refractivity contribution in [2.24, 2.45) is 0 Å². The average molecular weight is 403 g/mol. The van der Waals surface area contributed by atoms with Gasteiger partial charge in [-0.2, -0.15) is 5.10 Å². The van der Waals surface area contributed by atoms with Gasteiger partial charge in [0.2, 0.25) is 0 Å². The molecule has 0 unspecified atom stereocenters. The van der Waals surface area contributed by atoms with Crippen LogP contribution < -0.4 is 5.32 Å². The highest BCUT2D eigenvalue weighted by atomic mass is 32.1. The Balaban J connectivity index is 1.45. The first kappa shape index (κ1) is 19.1. The van der Waals surface area contributed by atoms with E-state index in [1.807, 2.05) is 25.3 Å². The second kappa shape index (κ2) is 8.41. The van der Waals surface area contributed by atoms with Crippen LogP contribution >= 0.6 is 11.3 Å². The number of nitrogens with zero attached hydrogens (tertiary/aromatic N) is 3. The van der Waals surface area contributed by atoms with Gasteiger partial charge in [-0.05, 0) is 37.5 Å². The molecular formula is C23H22N4OS. The topological polar surface area (TPSA) is 59.8 Å². The normalized spacial score (nSPS) is 10.8. The summed E-state index contributed by atoms with van der Waals surface area (Å²) in [6.07, 6.45) is 0.907. The molecule has 0 saturated heterocycles. The van der Waals surface area contributed by atoms with E-state index in [9.17, 15) is 4.79 Å². The smallest absolute Gasteiger partial charge is 0.275 e. The van der Waals surface area contributed by atoms with Crippen LogP contribution in [0.2, 0.25) is 0 Å². The number of hydrogen-bond acceptors (Lipinski definition) is 4. The summed E-state index contributed by atoms with van der Waals surface area (Å²) in [5.41, 5.74) is 5.82. The number of rotatable bonds is 6. The summed E-state index contributed by atoms with van der Waals surface area (Å²) >= 11 is 1.42. The van der Waals surface area contributed by atoms with Crippen molar-refractivity contribution in [3.05, 3.63) is 88.6 Å². The standard InChI is InChI=1S/C23H22N4OS/c1-3-27-21(13-16(2)26-27)22(28)25-23-24-20(15-29-23)19-11-9-18(10-12-19)14-17-7-5-4-6-8-17/h4-13,15H,3,14H2,1-2H3,(H,24,25,28). The van der Waals surface area contributed by atoms with E-state index in [-0.39, 0.29) is 5.91 Å². The van der Waals surface area contributed by atoms with Crippen LogP contribution in [0, 0.1) is 6.92 Å². The Bertz CT molecular complexity index is 1110. The van der Waals surface area contributed by atoms with E-state index in [4.69, 9.17) is 0 Å². The fourth-order valence-electron chi connectivity index (χ4n) is 3.22. The SMILES string of the molecule is CCn1nc(C)cc1C(=O)Nc1nc(-c2ccc(Cc3ccccc3)cc2)cs1. The monoisotopic (exact) mass is 402 g/mol. The molecule has 0 radical (unpaired) electrons. The van der Waals surface area contributed by atoms with Crippen LogP contribution in [-0.2, 0) is 13.0 Å². The van der Waals surface area contributed by atoms with Crippen LogP contribution in [0.15, 0.2) is 66.0 Å². The largest absolute Gasteiger partial charge is 0.296 e. The van der Waals surface area contributed by atoms with E-state index < -0.39 is 0 Å². The Morgan fingerprint density at radius 1 is 1.07 bits per heavy atom. The molecule has 0 aliphatic carbocycles. The number of carbonyl (C=O) groups is 1. The average Bonchev–Trinajstić information content (AvgIpc) is 3.35. The summed E-state index contributed by atoms with van der Waals surface area (Å²) in [4.78, 5) is 17.1. The molecule has 4 aromatic rings. The Kier molecular flexibility index (Phi) is 5.53. The number of hydrogen-bond donors (Lipinski definition) is 1. The molecule has 4 rings (SSSR count). The van der Waals surface area contributed by atoms with Gasteiger partial charge in [0.1, 0.15) is 5.69 Å². The molecule has 6 heteroatoms. The van der Waals surface area contributed by atoms with E-state index in [0.29, 0.717) is 17.4 Å². The highest BCUT2D eigenvalue weighted by Crippen LogP contribution is 2.26. The van der Waals surface area contributed by atoms with Gasteiger partial charge in [-0.15, -0.1) is 11.3 Å². The third kappa shape index (κ3) is 4.43. The minimum absolute atomic E-state index is 0.188. The molecule has 5 nitrogen and oxygen atoms in total. The number of nitrogens with one attached hydrogen (secondary N) is 1. The lowest BCUT2D eigenvalue weighted by molar-refractivity contribution is 0.101. The summed E-state index contributed by atoms with van der Waals surface area (Å²) in [5, 5.41) is 9.76. The lowest BCUT2D eigenvalue weighted by Crippen LogP contribution is -2.17. The predicted octanol–water partition coefficient (Wildman–Crippen LogP) is 5.18. The fourth-order valence-corrected chi connectivity index (χ4v) is 3.93. The number of amides is 1. The van der Waals surface area contributed by atoms with Crippen molar-refractivity contribution in [2.45, 2.75) is 26.8 Å². The van der Waals surface area contributed by atoms with Gasteiger partial charge < -0.3 is 0 Å². The lowest BCUT2D eigenvalue weighted by atomic mass is 10.0. The molecule has 1 amide bonds. The van der Waals surface area contributed by atoms with E-state index in [1.54, 1.807) is 10.7 Å². The molecule has 0 atom stereocenters. The molecule has 2 heterocycles. The van der Waals surface area contributed by atoms with Crippen LogP contribution in [-0.4, -0.2) is 20.7 Å². The minimum Gasteiger partial charge on any atom is -0.296 e. The molecule has 0 fully saturated rings. The maximum absolute atomic E-state index is 12.6. The summed E-state index contributed by atoms with van der Waals surface area (Å²) in [5.74, 6) is -0.188. The quantitative estimate of drug-likeness (QED) is 0.483. The Morgan fingerprint density at radius 2 is 1.79 bits per heavy atom. The van der Waals surface area contributed by atoms with Gasteiger partial charge in [0.15, 0.2) is 5.13 Å². The molecule has 0 aliphatic heterocycles. The van der Waals surface area contributed by atoms with Crippen LogP contribution in [0.25, 0.3) is 11.3 Å². The summed E-state index contributed by atoms with van der Waals surface area (Å²) < 4.78 is 1.70. The molecule has 0 saturated carbocycles. The number of aromatic nitrogens is 3. The van der Waals surface area contributed by atoms with Gasteiger partial charge in [-0.3, -0.25) is 14.8 Å². The zero-order valence-corrected chi connectivity index (χ0v) is 17.2. The second-order valence-corrected chi connectivity index (χ2v) is 7.70. The van der Waals surface area contributed by atoms with E-state index >= 15 is 0 Å². The highest BCUT2D eigenvalue weighted by molar-refractivity contribution is 7.14. The summed E-state index contributed by atoms with van der Waals surface area (Å²) in [6, 6.07) is 20.6. The highest BCUT2D eigenvalue weighted by Gasteiger charge is 2.15. The first-order valence-electron chi connectivity index (χ1n) is 9.57. The first-order valence-corrected chi connectivity index (χ1v) is 10.4. The third-order valence-corrected chi connectivity index (χ3v) is 5.42. The molecule has 0 bridgehead atoms. The zero-order valence-electron chi connectivity index (χ0n) is 16.4. The third-order valence-electron chi connectivity index (χ3n) is 4.66. The maximum Gasteiger partial charge on any atom is 0.275 e. The fraction of sp³-hybridized carbons (Fsp3) is 0.174. The van der Waals surface area contributed by atoms with Gasteiger partial charge >= 0.3 is 0 Å². The van der Waals surface area contributed by atoms with Gasteiger partial charge in [0.05, 0.1) is 11.4 Å². The van der Waals surface area contributed by atoms with Gasteiger partial charge in [0, 0.05) is 17.5 Å². The van der Waals surface area contributed by atoms with Crippen molar-refractivity contribution < 1.29 is 4.79 Å². The molecule has 2 aromatic carbocycles. The number of anilines is 1. The molecule has 2 aromatic heterocycles. The Labute approximate surface area is 174 Å². The zero-order chi connectivity index (χ0) is 20.2. The number of aryl methyl sites for hydroxylation is 2. The molecule has 29 heavy (non-hydrogen) atoms. The Morgan fingerprint density at radius 3 is 2.52 bits per heavy atom. The second-order valence-electron chi connectivity index (χ2n) is 6.84. The Hall–Kier alpha value is -3.25. The van der Waals surface area contributed by atoms with Crippen LogP contribution in [0.5, 0.6) is 0 Å². The van der Waals surface area contributed by atoms with Gasteiger partial charge in [0.25, 0.3) is 5.91 Å². The van der Waals surface area contributed by atoms with Gasteiger partial charge in [-0.25, -0.2) is 4.98 Å². The van der Waals surface area contributed by atoms with Crippen molar-refractivity contribution in [2.75, 3.05) is 5.32 Å². The van der Waals surface area contributed by atoms with Gasteiger partial charge in [-0.1, -0.05) is 54.6 Å². The molecule has 1 N–H and O–H groups in total. The lowest BCUT2D eigenvalue weighted by Gasteiger charge is -2.04. The summed E-state index contributed by atoms with van der Waals surface area (Å²) in [6.45, 7) is 4.49. The van der Waals surface area contributed by atoms with Crippen molar-refractivity contribution in [3.63, 3.8) is 0 Å². The maximum atomic E-state index is 12.6. The number of thiazole rings is 1. The van der Waals surface area contributed by atoms with Crippen LogP contribution in [0.3, 0.4) is 0 Å². The van der Waals surface area contributed by atoms with Crippen molar-refractivity contribution >= 4 is 22.4 Å². The van der Waals surface area contributed by atoms with Crippen LogP contribution in [0.4, 0.5) is 5.13 Å². The molecular weight excluding hydrogens is 380 g/mol. The van der Waals surface area contributed by atoms with Crippen molar-refractivity contribution in [3.8, 4) is 11.3 Å². The van der Waals surface area contributed by atoms with Crippen molar-refractivity contribution in [1.82, 2.24) is 14.8 Å². The molecule has 146 valence electrons. The van der Waals surface area contributed by atoms with E-state index in [1.165, 1.54) is 22.5 Å². The number of carbonyl (C=O) groups excluding carboxylic acids is 1. The minimum atomic E-state index is -0.188. The number of benzene rings is 2. The van der Waals surface area contributed by atoms with E-state index in [0.717, 1.165) is 23.4 Å². The molecule has 0 spiro atoms. The van der Waals surface area contributed by atoms with E-state index in [2.05, 4.69) is 63.9 Å².